The fourth-order valence-corrected chi connectivity index (χ4v) is 7.71. The minimum Gasteiger partial charge on any atom is -0.462 e. The third-order valence-corrected chi connectivity index (χ3v) is 12.0. The number of ether oxygens (including phenoxy) is 6. The van der Waals surface area contributed by atoms with E-state index in [1.807, 2.05) is 12.2 Å². The smallest absolute Gasteiger partial charge is 0.306 e. The first-order valence-corrected chi connectivity index (χ1v) is 26.0. The molecule has 2 saturated heterocycles. The number of carbonyl (C=O) groups excluding carboxylic acids is 2. The predicted octanol–water partition coefficient (Wildman–Crippen LogP) is 7.43. The van der Waals surface area contributed by atoms with Gasteiger partial charge >= 0.3 is 11.9 Å². The third kappa shape index (κ3) is 28.5. The summed E-state index contributed by atoms with van der Waals surface area (Å²) in [6.45, 7) is 2.39. The molecule has 2 aliphatic heterocycles. The molecule has 15 heteroatoms. The van der Waals surface area contributed by atoms with Gasteiger partial charge in [-0.25, -0.2) is 0 Å². The van der Waals surface area contributed by atoms with E-state index >= 15 is 0 Å². The van der Waals surface area contributed by atoms with Gasteiger partial charge in [0.15, 0.2) is 18.7 Å². The van der Waals surface area contributed by atoms with Gasteiger partial charge in [-0.3, -0.25) is 9.59 Å². The van der Waals surface area contributed by atoms with Crippen LogP contribution in [0.4, 0.5) is 0 Å². The molecule has 0 radical (unpaired) electrons. The standard InChI is InChI=1S/C54H90O15/c1-3-5-7-9-11-13-15-17-19-20-21-22-23-25-26-28-30-32-34-36-45(56)64-39-42(67-46(57)37-35-33-31-29-27-24-18-16-14-12-10-8-6-4-2)40-65-53-52(63)50(61)48(59)44(69-53)41-66-54-51(62)49(60)47(58)43(38-55)68-54/h5,7,11,13,17,19,21-22,25-26,30,32,42-44,47-55,58-63H,3-4,6,8-10,12,14-16,18,20,23-24,27-29,31,33-41H2,1-2H3/b7-5+,13-11+,19-17+,22-21+,26-25+,32-30+/t42-,43+,44+,47-,48-,49?,50?,51?,52?,53+,54+/m0/s1. The maximum absolute atomic E-state index is 13.0. The van der Waals surface area contributed by atoms with Crippen LogP contribution in [0.25, 0.3) is 0 Å². The molecule has 0 aromatic carbocycles. The van der Waals surface area contributed by atoms with Crippen molar-refractivity contribution in [3.63, 3.8) is 0 Å². The van der Waals surface area contributed by atoms with Crippen molar-refractivity contribution in [1.29, 1.82) is 0 Å². The summed E-state index contributed by atoms with van der Waals surface area (Å²) in [5.41, 5.74) is 0. The summed E-state index contributed by atoms with van der Waals surface area (Å²) in [5.74, 6) is -1.02. The third-order valence-electron chi connectivity index (χ3n) is 12.0. The fraction of sp³-hybridized carbons (Fsp3) is 0.741. The Morgan fingerprint density at radius 2 is 0.913 bits per heavy atom. The van der Waals surface area contributed by atoms with Crippen LogP contribution < -0.4 is 0 Å². The van der Waals surface area contributed by atoms with E-state index in [4.69, 9.17) is 28.4 Å². The second-order valence-electron chi connectivity index (χ2n) is 18.0. The number of hydrogen-bond donors (Lipinski definition) is 7. The van der Waals surface area contributed by atoms with Crippen LogP contribution in [0, 0.1) is 0 Å². The number of allylic oxidation sites excluding steroid dienone is 12. The molecule has 4 unspecified atom stereocenters. The van der Waals surface area contributed by atoms with E-state index in [1.165, 1.54) is 64.2 Å². The van der Waals surface area contributed by atoms with Crippen molar-refractivity contribution in [1.82, 2.24) is 0 Å². The van der Waals surface area contributed by atoms with Crippen molar-refractivity contribution >= 4 is 11.9 Å². The number of carbonyl (C=O) groups is 2. The molecular weight excluding hydrogens is 889 g/mol. The molecule has 2 fully saturated rings. The molecule has 0 aromatic heterocycles. The number of esters is 2. The topological polar surface area (TPSA) is 231 Å². The average Bonchev–Trinajstić information content (AvgIpc) is 3.34. The number of aliphatic hydroxyl groups is 7. The van der Waals surface area contributed by atoms with E-state index in [-0.39, 0.29) is 19.4 Å². The van der Waals surface area contributed by atoms with Gasteiger partial charge in [-0.05, 0) is 51.4 Å². The number of aliphatic hydroxyl groups excluding tert-OH is 7. The lowest BCUT2D eigenvalue weighted by Gasteiger charge is -2.42. The second-order valence-corrected chi connectivity index (χ2v) is 18.0. The summed E-state index contributed by atoms with van der Waals surface area (Å²) in [6, 6.07) is 0. The predicted molar refractivity (Wildman–Crippen MR) is 266 cm³/mol. The van der Waals surface area contributed by atoms with Gasteiger partial charge in [0, 0.05) is 12.8 Å². The quantitative estimate of drug-likeness (QED) is 0.0180. The zero-order valence-corrected chi connectivity index (χ0v) is 41.8. The minimum atomic E-state index is -1.78. The van der Waals surface area contributed by atoms with Crippen molar-refractivity contribution in [3.8, 4) is 0 Å². The molecule has 15 nitrogen and oxygen atoms in total. The summed E-state index contributed by atoms with van der Waals surface area (Å²) in [7, 11) is 0. The Bertz CT molecular complexity index is 1480. The molecule has 0 saturated carbocycles. The van der Waals surface area contributed by atoms with Gasteiger partial charge in [0.2, 0.25) is 0 Å². The highest BCUT2D eigenvalue weighted by Crippen LogP contribution is 2.26. The molecule has 69 heavy (non-hydrogen) atoms. The van der Waals surface area contributed by atoms with Crippen molar-refractivity contribution in [3.05, 3.63) is 72.9 Å². The van der Waals surface area contributed by atoms with Crippen molar-refractivity contribution in [2.24, 2.45) is 0 Å². The van der Waals surface area contributed by atoms with Crippen LogP contribution in [0.1, 0.15) is 162 Å². The zero-order valence-electron chi connectivity index (χ0n) is 41.8. The maximum Gasteiger partial charge on any atom is 0.306 e. The summed E-state index contributed by atoms with van der Waals surface area (Å²) >= 11 is 0. The summed E-state index contributed by atoms with van der Waals surface area (Å²) in [5, 5.41) is 72.1. The molecule has 0 spiro atoms. The van der Waals surface area contributed by atoms with Crippen LogP contribution in [-0.4, -0.2) is 142 Å². The van der Waals surface area contributed by atoms with Crippen LogP contribution in [-0.2, 0) is 38.0 Å². The Morgan fingerprint density at radius 3 is 1.41 bits per heavy atom. The Kier molecular flexibility index (Phi) is 36.4. The molecule has 7 N–H and O–H groups in total. The van der Waals surface area contributed by atoms with Gasteiger partial charge in [-0.1, -0.05) is 170 Å². The molecule has 11 atom stereocenters. The molecule has 0 amide bonds. The highest BCUT2D eigenvalue weighted by atomic mass is 16.7. The first-order valence-electron chi connectivity index (χ1n) is 26.0. The molecule has 2 heterocycles. The van der Waals surface area contributed by atoms with Gasteiger partial charge in [0.25, 0.3) is 0 Å². The Hall–Kier alpha value is -3.06. The highest BCUT2D eigenvalue weighted by Gasteiger charge is 2.47. The lowest BCUT2D eigenvalue weighted by molar-refractivity contribution is -0.332. The van der Waals surface area contributed by atoms with E-state index in [1.54, 1.807) is 0 Å². The number of unbranched alkanes of at least 4 members (excludes halogenated alkanes) is 13. The minimum absolute atomic E-state index is 0.0907. The first-order chi connectivity index (χ1) is 33.5. The first kappa shape index (κ1) is 62.1. The SMILES string of the molecule is CC/C=C/C/C=C/C/C=C/C/C=C/C/C=C/C/C=C/CCC(=O)OC[C@@H](CO[C@@H]1O[C@H](CO[C@@H]2O[C@H](CO)[C@H](O)C(O)C2O)[C@H](O)C(O)C1O)OC(=O)CCCCCCCCCCCCCCCC. The Labute approximate surface area is 412 Å². The fourth-order valence-electron chi connectivity index (χ4n) is 7.71. The number of hydrogen-bond acceptors (Lipinski definition) is 15. The second kappa shape index (κ2) is 40.5. The van der Waals surface area contributed by atoms with Crippen molar-refractivity contribution in [2.45, 2.75) is 229 Å². The Balaban J connectivity index is 1.84. The van der Waals surface area contributed by atoms with Gasteiger partial charge in [0.05, 0.1) is 19.8 Å². The lowest BCUT2D eigenvalue weighted by atomic mass is 9.98. The maximum atomic E-state index is 13.0. The normalized spacial score (nSPS) is 26.2. The van der Waals surface area contributed by atoms with E-state index in [0.29, 0.717) is 12.8 Å². The average molecular weight is 979 g/mol. The largest absolute Gasteiger partial charge is 0.462 e. The lowest BCUT2D eigenvalue weighted by Crippen LogP contribution is -2.61. The van der Waals surface area contributed by atoms with E-state index in [2.05, 4.69) is 74.6 Å². The van der Waals surface area contributed by atoms with Crippen LogP contribution in [0.3, 0.4) is 0 Å². The van der Waals surface area contributed by atoms with Crippen molar-refractivity contribution < 1.29 is 73.8 Å². The van der Waals surface area contributed by atoms with Gasteiger partial charge in [-0.15, -0.1) is 0 Å². The van der Waals surface area contributed by atoms with Crippen LogP contribution in [0.15, 0.2) is 72.9 Å². The monoisotopic (exact) mass is 979 g/mol. The van der Waals surface area contributed by atoms with Gasteiger partial charge < -0.3 is 64.2 Å². The summed E-state index contributed by atoms with van der Waals surface area (Å²) in [6.07, 6.45) is 30.8. The van der Waals surface area contributed by atoms with Crippen LogP contribution in [0.5, 0.6) is 0 Å². The molecule has 2 aliphatic rings. The highest BCUT2D eigenvalue weighted by molar-refractivity contribution is 5.70. The molecule has 0 aromatic rings. The molecule has 396 valence electrons. The van der Waals surface area contributed by atoms with Crippen molar-refractivity contribution in [2.75, 3.05) is 26.4 Å². The van der Waals surface area contributed by atoms with Crippen LogP contribution >= 0.6 is 0 Å². The molecule has 2 rings (SSSR count). The zero-order chi connectivity index (χ0) is 50.3. The van der Waals surface area contributed by atoms with Gasteiger partial charge in [0.1, 0.15) is 55.4 Å². The number of rotatable bonds is 39. The van der Waals surface area contributed by atoms with Crippen LogP contribution in [0.2, 0.25) is 0 Å². The van der Waals surface area contributed by atoms with Gasteiger partial charge in [-0.2, -0.15) is 0 Å². The molecule has 0 aliphatic carbocycles. The molecule has 0 bridgehead atoms. The van der Waals surface area contributed by atoms with E-state index < -0.39 is 99.3 Å². The van der Waals surface area contributed by atoms with E-state index in [0.717, 1.165) is 57.8 Å². The summed E-state index contributed by atoms with van der Waals surface area (Å²) in [4.78, 5) is 25.7. The summed E-state index contributed by atoms with van der Waals surface area (Å²) < 4.78 is 33.5. The molecular formula is C54H90O15. The van der Waals surface area contributed by atoms with E-state index in [9.17, 15) is 45.3 Å². The Morgan fingerprint density at radius 1 is 0.478 bits per heavy atom.